The van der Waals surface area contributed by atoms with Crippen molar-refractivity contribution in [2.75, 3.05) is 19.5 Å². The van der Waals surface area contributed by atoms with Gasteiger partial charge in [-0.2, -0.15) is 5.10 Å². The van der Waals surface area contributed by atoms with E-state index in [1.54, 1.807) is 7.11 Å². The number of aryl methyl sites for hydroxylation is 1. The molecule has 0 saturated heterocycles. The number of ether oxygens (including phenoxy) is 1. The van der Waals surface area contributed by atoms with Crippen LogP contribution in [0.15, 0.2) is 30.5 Å². The molecule has 0 unspecified atom stereocenters. The van der Waals surface area contributed by atoms with Gasteiger partial charge in [-0.25, -0.2) is 0 Å². The molecule has 0 bridgehead atoms. The van der Waals surface area contributed by atoms with Crippen LogP contribution in [0.2, 0.25) is 0 Å². The summed E-state index contributed by atoms with van der Waals surface area (Å²) in [5.74, 6) is 0. The second-order valence-electron chi connectivity index (χ2n) is 4.20. The average Bonchev–Trinajstić information content (AvgIpc) is 2.85. The van der Waals surface area contributed by atoms with Crippen molar-refractivity contribution in [1.82, 2.24) is 9.78 Å². The summed E-state index contributed by atoms with van der Waals surface area (Å²) in [7, 11) is 1.70. The van der Waals surface area contributed by atoms with Crippen molar-refractivity contribution in [2.24, 2.45) is 0 Å². The molecule has 0 aliphatic heterocycles. The van der Waals surface area contributed by atoms with E-state index in [0.717, 1.165) is 29.9 Å². The van der Waals surface area contributed by atoms with Gasteiger partial charge in [-0.3, -0.25) is 4.68 Å². The Morgan fingerprint density at radius 3 is 2.89 bits per heavy atom. The fourth-order valence-corrected chi connectivity index (χ4v) is 2.01. The minimum absolute atomic E-state index is 0.657. The number of anilines is 1. The molecule has 0 radical (unpaired) electrons. The van der Waals surface area contributed by atoms with Crippen molar-refractivity contribution in [3.05, 3.63) is 36.0 Å². The molecular formula is C14H19N3O. The second kappa shape index (κ2) is 5.69. The van der Waals surface area contributed by atoms with Crippen LogP contribution in [0.4, 0.5) is 5.69 Å². The summed E-state index contributed by atoms with van der Waals surface area (Å²) in [6.45, 7) is 3.52. The molecule has 0 fully saturated rings. The summed E-state index contributed by atoms with van der Waals surface area (Å²) in [5, 5.41) is 4.31. The summed E-state index contributed by atoms with van der Waals surface area (Å²) in [6, 6.07) is 8.15. The summed E-state index contributed by atoms with van der Waals surface area (Å²) >= 11 is 0. The summed E-state index contributed by atoms with van der Waals surface area (Å²) in [5.41, 5.74) is 10.2. The van der Waals surface area contributed by atoms with Gasteiger partial charge in [0.1, 0.15) is 0 Å². The van der Waals surface area contributed by atoms with Crippen LogP contribution in [0.3, 0.4) is 0 Å². The van der Waals surface area contributed by atoms with E-state index >= 15 is 0 Å². The highest BCUT2D eigenvalue weighted by Gasteiger charge is 2.07. The first-order valence-electron chi connectivity index (χ1n) is 6.15. The van der Waals surface area contributed by atoms with Gasteiger partial charge in [0.05, 0.1) is 18.8 Å². The van der Waals surface area contributed by atoms with Crippen LogP contribution >= 0.6 is 0 Å². The smallest absolute Gasteiger partial charge is 0.0683 e. The van der Waals surface area contributed by atoms with Crippen molar-refractivity contribution in [2.45, 2.75) is 19.9 Å². The maximum atomic E-state index is 5.93. The zero-order valence-corrected chi connectivity index (χ0v) is 10.9. The monoisotopic (exact) mass is 245 g/mol. The van der Waals surface area contributed by atoms with Crippen molar-refractivity contribution in [1.29, 1.82) is 0 Å². The predicted molar refractivity (Wildman–Crippen MR) is 73.3 cm³/mol. The first-order valence-corrected chi connectivity index (χ1v) is 6.15. The average molecular weight is 245 g/mol. The predicted octanol–water partition coefficient (Wildman–Crippen LogP) is 2.34. The molecule has 1 aromatic heterocycles. The maximum Gasteiger partial charge on any atom is 0.0683 e. The minimum Gasteiger partial charge on any atom is -0.399 e. The molecule has 1 aromatic carbocycles. The van der Waals surface area contributed by atoms with E-state index in [-0.39, 0.29) is 0 Å². The van der Waals surface area contributed by atoms with Crippen LogP contribution in [-0.4, -0.2) is 23.5 Å². The number of hydrogen-bond acceptors (Lipinski definition) is 3. The van der Waals surface area contributed by atoms with E-state index in [4.69, 9.17) is 10.5 Å². The van der Waals surface area contributed by atoms with Gasteiger partial charge in [-0.1, -0.05) is 13.0 Å². The number of rotatable bonds is 5. The van der Waals surface area contributed by atoms with E-state index in [2.05, 4.69) is 18.1 Å². The standard InChI is InChI=1S/C14H19N3O/c1-3-11-10-12(4-5-13(11)15)14-6-7-16-17(14)8-9-18-2/h4-7,10H,3,8-9,15H2,1-2H3. The van der Waals surface area contributed by atoms with Crippen LogP contribution < -0.4 is 5.73 Å². The van der Waals surface area contributed by atoms with E-state index in [9.17, 15) is 0 Å². The quantitative estimate of drug-likeness (QED) is 0.823. The maximum absolute atomic E-state index is 5.93. The number of nitrogens with zero attached hydrogens (tertiary/aromatic N) is 2. The van der Waals surface area contributed by atoms with Gasteiger partial charge >= 0.3 is 0 Å². The Bertz CT molecular complexity index is 520. The third-order valence-corrected chi connectivity index (χ3v) is 3.04. The van der Waals surface area contributed by atoms with E-state index in [0.29, 0.717) is 6.61 Å². The molecule has 4 heteroatoms. The first-order chi connectivity index (χ1) is 8.76. The van der Waals surface area contributed by atoms with E-state index in [1.807, 2.05) is 29.1 Å². The first kappa shape index (κ1) is 12.6. The van der Waals surface area contributed by atoms with Gasteiger partial charge in [0.25, 0.3) is 0 Å². The highest BCUT2D eigenvalue weighted by Crippen LogP contribution is 2.24. The fraction of sp³-hybridized carbons (Fsp3) is 0.357. The van der Waals surface area contributed by atoms with Gasteiger partial charge < -0.3 is 10.5 Å². The highest BCUT2D eigenvalue weighted by molar-refractivity contribution is 5.65. The summed E-state index contributed by atoms with van der Waals surface area (Å²) in [4.78, 5) is 0. The molecule has 18 heavy (non-hydrogen) atoms. The number of methoxy groups -OCH3 is 1. The minimum atomic E-state index is 0.657. The largest absolute Gasteiger partial charge is 0.399 e. The normalized spacial score (nSPS) is 10.8. The summed E-state index contributed by atoms with van der Waals surface area (Å²) in [6.07, 6.45) is 2.75. The van der Waals surface area contributed by atoms with Gasteiger partial charge in [0.2, 0.25) is 0 Å². The third-order valence-electron chi connectivity index (χ3n) is 3.04. The zero-order valence-electron chi connectivity index (χ0n) is 10.9. The number of nitrogens with two attached hydrogens (primary N) is 1. The molecular weight excluding hydrogens is 226 g/mol. The molecule has 96 valence electrons. The number of benzene rings is 1. The van der Waals surface area contributed by atoms with Crippen molar-refractivity contribution in [3.63, 3.8) is 0 Å². The van der Waals surface area contributed by atoms with Gasteiger partial charge in [0, 0.05) is 24.6 Å². The lowest BCUT2D eigenvalue weighted by Gasteiger charge is -2.09. The third kappa shape index (κ3) is 2.54. The Labute approximate surface area is 107 Å². The molecule has 0 aliphatic carbocycles. The number of aromatic nitrogens is 2. The molecule has 2 N–H and O–H groups in total. The van der Waals surface area contributed by atoms with Gasteiger partial charge in [-0.05, 0) is 30.2 Å². The van der Waals surface area contributed by atoms with E-state index in [1.165, 1.54) is 5.56 Å². The van der Waals surface area contributed by atoms with Crippen molar-refractivity contribution >= 4 is 5.69 Å². The zero-order chi connectivity index (χ0) is 13.0. The second-order valence-corrected chi connectivity index (χ2v) is 4.20. The van der Waals surface area contributed by atoms with Gasteiger partial charge in [-0.15, -0.1) is 0 Å². The fourth-order valence-electron chi connectivity index (χ4n) is 2.01. The lowest BCUT2D eigenvalue weighted by molar-refractivity contribution is 0.184. The molecule has 0 aliphatic rings. The van der Waals surface area contributed by atoms with Crippen LogP contribution in [0.25, 0.3) is 11.3 Å². The lowest BCUT2D eigenvalue weighted by Crippen LogP contribution is -2.07. The highest BCUT2D eigenvalue weighted by atomic mass is 16.5. The number of hydrogen-bond donors (Lipinski definition) is 1. The Morgan fingerprint density at radius 1 is 1.33 bits per heavy atom. The molecule has 2 aromatic rings. The molecule has 4 nitrogen and oxygen atoms in total. The number of nitrogen functional groups attached to an aromatic ring is 1. The molecule has 0 saturated carbocycles. The van der Waals surface area contributed by atoms with E-state index < -0.39 is 0 Å². The molecule has 0 spiro atoms. The SMILES string of the molecule is CCc1cc(-c2ccnn2CCOC)ccc1N. The van der Waals surface area contributed by atoms with Crippen LogP contribution in [0.5, 0.6) is 0 Å². The molecule has 1 heterocycles. The molecule has 0 amide bonds. The van der Waals surface area contributed by atoms with Crippen LogP contribution in [0.1, 0.15) is 12.5 Å². The summed E-state index contributed by atoms with van der Waals surface area (Å²) < 4.78 is 7.04. The van der Waals surface area contributed by atoms with Crippen LogP contribution in [-0.2, 0) is 17.7 Å². The Balaban J connectivity index is 2.33. The van der Waals surface area contributed by atoms with Crippen LogP contribution in [0, 0.1) is 0 Å². The van der Waals surface area contributed by atoms with Crippen molar-refractivity contribution in [3.8, 4) is 11.3 Å². The lowest BCUT2D eigenvalue weighted by atomic mass is 10.0. The topological polar surface area (TPSA) is 53.1 Å². The Hall–Kier alpha value is -1.81. The van der Waals surface area contributed by atoms with Gasteiger partial charge in [0.15, 0.2) is 0 Å². The Morgan fingerprint density at radius 2 is 2.17 bits per heavy atom. The Kier molecular flexibility index (Phi) is 3.99. The molecule has 0 atom stereocenters. The molecule has 2 rings (SSSR count). The van der Waals surface area contributed by atoms with Crippen molar-refractivity contribution < 1.29 is 4.74 Å².